The van der Waals surface area contributed by atoms with Crippen molar-refractivity contribution in [3.63, 3.8) is 0 Å². The number of hydrogen-bond donors (Lipinski definition) is 2. The maximum Gasteiger partial charge on any atom is 0.327 e. The highest BCUT2D eigenvalue weighted by Gasteiger charge is 2.32. The van der Waals surface area contributed by atoms with E-state index in [4.69, 9.17) is 23.7 Å². The molecule has 2 rings (SSSR count). The van der Waals surface area contributed by atoms with Gasteiger partial charge in [-0.1, -0.05) is 0 Å². The lowest BCUT2D eigenvalue weighted by Gasteiger charge is -2.16. The van der Waals surface area contributed by atoms with E-state index in [0.717, 1.165) is 6.07 Å². The lowest BCUT2D eigenvalue weighted by molar-refractivity contribution is -0.386. The fourth-order valence-electron chi connectivity index (χ4n) is 2.91. The molecule has 0 fully saturated rings. The van der Waals surface area contributed by atoms with Gasteiger partial charge in [-0.2, -0.15) is 0 Å². The minimum absolute atomic E-state index is 0.0295. The number of hydrogen-bond acceptors (Lipinski definition) is 9. The molecule has 0 atom stereocenters. The van der Waals surface area contributed by atoms with E-state index in [1.165, 1.54) is 40.6 Å². The van der Waals surface area contributed by atoms with Crippen molar-refractivity contribution < 1.29 is 38.2 Å². The second-order valence-corrected chi connectivity index (χ2v) is 6.74. The summed E-state index contributed by atoms with van der Waals surface area (Å²) in [5.74, 6) is -1.22. The molecular formula is C21H25N3O9. The average molecular weight is 463 g/mol. The van der Waals surface area contributed by atoms with E-state index in [9.17, 15) is 19.7 Å². The second kappa shape index (κ2) is 10.9. The van der Waals surface area contributed by atoms with Crippen molar-refractivity contribution in [1.82, 2.24) is 10.9 Å². The van der Waals surface area contributed by atoms with E-state index in [0.29, 0.717) is 11.5 Å². The third-order valence-electron chi connectivity index (χ3n) is 4.31. The van der Waals surface area contributed by atoms with Gasteiger partial charge in [-0.3, -0.25) is 30.6 Å². The molecule has 2 amide bonds. The summed E-state index contributed by atoms with van der Waals surface area (Å²) in [6.45, 7) is 3.69. The Morgan fingerprint density at radius 1 is 0.848 bits per heavy atom. The highest BCUT2D eigenvalue weighted by molar-refractivity contribution is 6.03. The van der Waals surface area contributed by atoms with Gasteiger partial charge in [0, 0.05) is 11.6 Å². The lowest BCUT2D eigenvalue weighted by Crippen LogP contribution is -2.41. The monoisotopic (exact) mass is 463 g/mol. The summed E-state index contributed by atoms with van der Waals surface area (Å²) in [4.78, 5) is 36.1. The zero-order valence-electron chi connectivity index (χ0n) is 19.0. The van der Waals surface area contributed by atoms with Crippen LogP contribution in [0.2, 0.25) is 0 Å². The molecule has 12 heteroatoms. The number of rotatable bonds is 9. The number of nitro benzene ring substituents is 1. The smallest absolute Gasteiger partial charge is 0.327 e. The molecular weight excluding hydrogens is 438 g/mol. The largest absolute Gasteiger partial charge is 0.493 e. The minimum Gasteiger partial charge on any atom is -0.493 e. The third kappa shape index (κ3) is 5.53. The number of hydrazine groups is 1. The number of carbonyl (C=O) groups is 2. The molecule has 0 bridgehead atoms. The van der Waals surface area contributed by atoms with Crippen LogP contribution in [0.1, 0.15) is 34.6 Å². The van der Waals surface area contributed by atoms with Crippen LogP contribution < -0.4 is 34.5 Å². The zero-order valence-corrected chi connectivity index (χ0v) is 19.0. The summed E-state index contributed by atoms with van der Waals surface area (Å²) in [6.07, 6.45) is -0.105. The van der Waals surface area contributed by atoms with Crippen LogP contribution in [0.3, 0.4) is 0 Å². The molecule has 0 saturated heterocycles. The van der Waals surface area contributed by atoms with E-state index >= 15 is 0 Å². The zero-order chi connectivity index (χ0) is 24.7. The van der Waals surface area contributed by atoms with Crippen molar-refractivity contribution in [3.8, 4) is 28.7 Å². The molecule has 2 aromatic rings. The van der Waals surface area contributed by atoms with E-state index in [-0.39, 0.29) is 28.9 Å². The third-order valence-corrected chi connectivity index (χ3v) is 4.31. The topological polar surface area (TPSA) is 147 Å². The van der Waals surface area contributed by atoms with E-state index in [2.05, 4.69) is 10.9 Å². The molecule has 0 aromatic heterocycles. The quantitative estimate of drug-likeness (QED) is 0.423. The van der Waals surface area contributed by atoms with E-state index < -0.39 is 28.0 Å². The van der Waals surface area contributed by atoms with Crippen LogP contribution in [0.25, 0.3) is 0 Å². The highest BCUT2D eigenvalue weighted by atomic mass is 16.6. The van der Waals surface area contributed by atoms with Gasteiger partial charge in [-0.25, -0.2) is 0 Å². The number of amides is 2. The van der Waals surface area contributed by atoms with Crippen molar-refractivity contribution in [2.75, 3.05) is 28.4 Å². The molecule has 2 aromatic carbocycles. The molecule has 178 valence electrons. The molecule has 0 spiro atoms. The number of benzene rings is 2. The summed E-state index contributed by atoms with van der Waals surface area (Å²) >= 11 is 0. The Labute approximate surface area is 189 Å². The summed E-state index contributed by atoms with van der Waals surface area (Å²) in [6, 6.07) is 5.58. The number of ether oxygens (including phenoxy) is 5. The molecule has 2 N–H and O–H groups in total. The molecule has 0 aliphatic rings. The van der Waals surface area contributed by atoms with Crippen LogP contribution in [0, 0.1) is 10.1 Å². The number of nitrogens with zero attached hydrogens (tertiary/aromatic N) is 1. The Balaban J connectivity index is 2.30. The maximum absolute atomic E-state index is 12.7. The Hall–Kier alpha value is -4.22. The lowest BCUT2D eigenvalue weighted by atomic mass is 10.1. The number of carbonyl (C=O) groups excluding carboxylic acids is 2. The van der Waals surface area contributed by atoms with Gasteiger partial charge in [0.1, 0.15) is 5.56 Å². The van der Waals surface area contributed by atoms with Gasteiger partial charge in [0.25, 0.3) is 11.8 Å². The van der Waals surface area contributed by atoms with Gasteiger partial charge >= 0.3 is 5.69 Å². The number of methoxy groups -OCH3 is 4. The Kier molecular flexibility index (Phi) is 8.26. The normalized spacial score (nSPS) is 10.3. The van der Waals surface area contributed by atoms with E-state index in [1.807, 2.05) is 13.8 Å². The predicted molar refractivity (Wildman–Crippen MR) is 116 cm³/mol. The Morgan fingerprint density at radius 2 is 1.45 bits per heavy atom. The standard InChI is InChI=1S/C21H25N3O9/c1-11(2)33-14-8-7-12(9-15(14)29-3)20(25)22-23-21(26)13-10-16(30-4)18(31-5)19(32-6)17(13)24(27)28/h7-11H,1-6H3,(H,22,25)(H,23,26). The van der Waals surface area contributed by atoms with Crippen molar-refractivity contribution in [1.29, 1.82) is 0 Å². The van der Waals surface area contributed by atoms with Crippen molar-refractivity contribution >= 4 is 17.5 Å². The van der Waals surface area contributed by atoms with Crippen LogP contribution in [-0.4, -0.2) is 51.3 Å². The van der Waals surface area contributed by atoms with Gasteiger partial charge in [0.15, 0.2) is 17.2 Å². The van der Waals surface area contributed by atoms with Crippen LogP contribution in [0.15, 0.2) is 24.3 Å². The first-order valence-electron chi connectivity index (χ1n) is 9.61. The van der Waals surface area contributed by atoms with E-state index in [1.54, 1.807) is 6.07 Å². The molecule has 0 unspecified atom stereocenters. The molecule has 0 heterocycles. The first-order valence-corrected chi connectivity index (χ1v) is 9.61. The fraction of sp³-hybridized carbons (Fsp3) is 0.333. The first kappa shape index (κ1) is 25.0. The highest BCUT2D eigenvalue weighted by Crippen LogP contribution is 2.46. The molecule has 0 aliphatic heterocycles. The number of nitro groups is 1. The van der Waals surface area contributed by atoms with Gasteiger partial charge in [-0.05, 0) is 32.0 Å². The Morgan fingerprint density at radius 3 is 1.97 bits per heavy atom. The summed E-state index contributed by atoms with van der Waals surface area (Å²) in [7, 11) is 5.19. The minimum atomic E-state index is -0.971. The molecule has 33 heavy (non-hydrogen) atoms. The summed E-state index contributed by atoms with van der Waals surface area (Å²) in [5.41, 5.74) is 3.45. The SMILES string of the molecule is COc1cc(C(=O)NNC(=O)c2cc(OC)c(OC)c(OC)c2[N+](=O)[O-])ccc1OC(C)C. The molecule has 12 nitrogen and oxygen atoms in total. The summed E-state index contributed by atoms with van der Waals surface area (Å²) in [5, 5.41) is 11.6. The van der Waals surface area contributed by atoms with Gasteiger partial charge < -0.3 is 23.7 Å². The van der Waals surface area contributed by atoms with Gasteiger partial charge in [-0.15, -0.1) is 0 Å². The second-order valence-electron chi connectivity index (χ2n) is 6.74. The van der Waals surface area contributed by atoms with Crippen molar-refractivity contribution in [2.24, 2.45) is 0 Å². The van der Waals surface area contributed by atoms with Crippen LogP contribution >= 0.6 is 0 Å². The van der Waals surface area contributed by atoms with Crippen molar-refractivity contribution in [3.05, 3.63) is 45.5 Å². The molecule has 0 aliphatic carbocycles. The fourth-order valence-corrected chi connectivity index (χ4v) is 2.91. The van der Waals surface area contributed by atoms with Gasteiger partial charge in [0.05, 0.1) is 39.5 Å². The summed E-state index contributed by atoms with van der Waals surface area (Å²) < 4.78 is 26.2. The van der Waals surface area contributed by atoms with Crippen molar-refractivity contribution in [2.45, 2.75) is 20.0 Å². The predicted octanol–water partition coefficient (Wildman–Crippen LogP) is 2.49. The van der Waals surface area contributed by atoms with Crippen LogP contribution in [0.4, 0.5) is 5.69 Å². The molecule has 0 radical (unpaired) electrons. The molecule has 0 saturated carbocycles. The van der Waals surface area contributed by atoms with Gasteiger partial charge in [0.2, 0.25) is 11.5 Å². The average Bonchev–Trinajstić information content (AvgIpc) is 2.80. The number of nitrogens with one attached hydrogen (secondary N) is 2. The first-order chi connectivity index (χ1) is 15.7. The Bertz CT molecular complexity index is 1050. The maximum atomic E-state index is 12.7. The van der Waals surface area contributed by atoms with Crippen LogP contribution in [-0.2, 0) is 0 Å². The van der Waals surface area contributed by atoms with Crippen LogP contribution in [0.5, 0.6) is 28.7 Å².